The van der Waals surface area contributed by atoms with Gasteiger partial charge in [0.2, 0.25) is 0 Å². The number of ketones is 1. The van der Waals surface area contributed by atoms with Crippen molar-refractivity contribution in [3.8, 4) is 0 Å². The average Bonchev–Trinajstić information content (AvgIpc) is 2.73. The topological polar surface area (TPSA) is 42.2 Å². The van der Waals surface area contributed by atoms with Crippen LogP contribution in [-0.4, -0.2) is 22.1 Å². The Morgan fingerprint density at radius 3 is 2.88 bits per heavy atom. The lowest BCUT2D eigenvalue weighted by Crippen LogP contribution is -1.98. The van der Waals surface area contributed by atoms with E-state index in [9.17, 15) is 4.79 Å². The van der Waals surface area contributed by atoms with E-state index in [0.29, 0.717) is 6.42 Å². The molecule has 3 nitrogen and oxygen atoms in total. The minimum absolute atomic E-state index is 0.233. The molecule has 0 radical (unpaired) electrons. The second kappa shape index (κ2) is 7.23. The quantitative estimate of drug-likeness (QED) is 0.544. The summed E-state index contributed by atoms with van der Waals surface area (Å²) in [6, 6.07) is 1.89. The van der Waals surface area contributed by atoms with E-state index in [4.69, 9.17) is 5.11 Å². The summed E-state index contributed by atoms with van der Waals surface area (Å²) >= 11 is 0. The molecule has 1 rings (SSSR count). The maximum atomic E-state index is 11.6. The number of aliphatic hydroxyl groups excluding tert-OH is 1. The first-order valence-electron chi connectivity index (χ1n) is 6.07. The van der Waals surface area contributed by atoms with Gasteiger partial charge in [-0.2, -0.15) is 0 Å². The van der Waals surface area contributed by atoms with Gasteiger partial charge in [0.1, 0.15) is 0 Å². The molecule has 0 amide bonds. The van der Waals surface area contributed by atoms with Crippen molar-refractivity contribution in [2.45, 2.75) is 45.6 Å². The number of Topliss-reactive ketones (excluding diaryl/α,β-unsaturated/α-hetero) is 1. The standard InChI is InChI=1S/C13H21NO2/c1-2-6-13(16)12-7-9-14(11-12)8-4-3-5-10-15/h7,9,11,15H,2-6,8,10H2,1H3. The Morgan fingerprint density at radius 1 is 1.38 bits per heavy atom. The fourth-order valence-corrected chi connectivity index (χ4v) is 1.70. The van der Waals surface area contributed by atoms with Gasteiger partial charge in [-0.15, -0.1) is 0 Å². The van der Waals surface area contributed by atoms with Gasteiger partial charge in [0.25, 0.3) is 0 Å². The number of carbonyl (C=O) groups is 1. The molecule has 0 fully saturated rings. The number of hydrogen-bond donors (Lipinski definition) is 1. The van der Waals surface area contributed by atoms with Gasteiger partial charge in [0.15, 0.2) is 5.78 Å². The Balaban J connectivity index is 2.36. The van der Waals surface area contributed by atoms with Crippen LogP contribution in [0.3, 0.4) is 0 Å². The summed E-state index contributed by atoms with van der Waals surface area (Å²) in [5, 5.41) is 8.65. The molecule has 1 aromatic rings. The van der Waals surface area contributed by atoms with E-state index < -0.39 is 0 Å². The molecule has 16 heavy (non-hydrogen) atoms. The molecular weight excluding hydrogens is 202 g/mol. The van der Waals surface area contributed by atoms with E-state index in [0.717, 1.165) is 37.8 Å². The van der Waals surface area contributed by atoms with Crippen LogP contribution in [-0.2, 0) is 6.54 Å². The van der Waals surface area contributed by atoms with Gasteiger partial charge < -0.3 is 9.67 Å². The van der Waals surface area contributed by atoms with Crippen LogP contribution in [0.5, 0.6) is 0 Å². The number of nitrogens with zero attached hydrogens (tertiary/aromatic N) is 1. The van der Waals surface area contributed by atoms with Crippen LogP contribution in [0.25, 0.3) is 0 Å². The van der Waals surface area contributed by atoms with Gasteiger partial charge in [0, 0.05) is 37.5 Å². The smallest absolute Gasteiger partial charge is 0.164 e. The fraction of sp³-hybridized carbons (Fsp3) is 0.615. The minimum atomic E-state index is 0.233. The van der Waals surface area contributed by atoms with Crippen LogP contribution in [0, 0.1) is 0 Å². The molecule has 0 saturated carbocycles. The van der Waals surface area contributed by atoms with Gasteiger partial charge in [-0.1, -0.05) is 6.92 Å². The average molecular weight is 223 g/mol. The zero-order valence-electron chi connectivity index (χ0n) is 9.98. The van der Waals surface area contributed by atoms with E-state index in [2.05, 4.69) is 4.57 Å². The second-order valence-corrected chi connectivity index (χ2v) is 4.10. The molecular formula is C13H21NO2. The molecule has 1 aromatic heterocycles. The normalized spacial score (nSPS) is 10.6. The molecule has 0 atom stereocenters. The molecule has 3 heteroatoms. The Bertz CT molecular complexity index is 317. The highest BCUT2D eigenvalue weighted by Gasteiger charge is 2.05. The van der Waals surface area contributed by atoms with E-state index in [1.54, 1.807) is 0 Å². The summed E-state index contributed by atoms with van der Waals surface area (Å²) in [4.78, 5) is 11.6. The number of hydrogen-bond acceptors (Lipinski definition) is 2. The first kappa shape index (κ1) is 13.0. The number of aryl methyl sites for hydroxylation is 1. The fourth-order valence-electron chi connectivity index (χ4n) is 1.70. The molecule has 0 saturated heterocycles. The van der Waals surface area contributed by atoms with Crippen molar-refractivity contribution >= 4 is 5.78 Å². The summed E-state index contributed by atoms with van der Waals surface area (Å²) in [7, 11) is 0. The van der Waals surface area contributed by atoms with Crippen LogP contribution in [0.4, 0.5) is 0 Å². The monoisotopic (exact) mass is 223 g/mol. The van der Waals surface area contributed by atoms with Crippen LogP contribution in [0.15, 0.2) is 18.5 Å². The highest BCUT2D eigenvalue weighted by atomic mass is 16.2. The molecule has 0 unspecified atom stereocenters. The Kier molecular flexibility index (Phi) is 5.86. The minimum Gasteiger partial charge on any atom is -0.396 e. The van der Waals surface area contributed by atoms with Crippen LogP contribution >= 0.6 is 0 Å². The van der Waals surface area contributed by atoms with Crippen LogP contribution < -0.4 is 0 Å². The molecule has 90 valence electrons. The van der Waals surface area contributed by atoms with Crippen molar-refractivity contribution in [2.24, 2.45) is 0 Å². The first-order valence-corrected chi connectivity index (χ1v) is 6.07. The zero-order valence-corrected chi connectivity index (χ0v) is 9.98. The van der Waals surface area contributed by atoms with E-state index >= 15 is 0 Å². The van der Waals surface area contributed by atoms with Crippen LogP contribution in [0.1, 0.15) is 49.4 Å². The highest BCUT2D eigenvalue weighted by molar-refractivity contribution is 5.95. The summed E-state index contributed by atoms with van der Waals surface area (Å²) < 4.78 is 2.06. The van der Waals surface area contributed by atoms with E-state index in [1.807, 2.05) is 25.4 Å². The van der Waals surface area contributed by atoms with Crippen molar-refractivity contribution in [1.82, 2.24) is 4.57 Å². The molecule has 0 aliphatic rings. The lowest BCUT2D eigenvalue weighted by Gasteiger charge is -2.01. The molecule has 0 aliphatic carbocycles. The summed E-state index contributed by atoms with van der Waals surface area (Å²) in [5.41, 5.74) is 0.823. The van der Waals surface area contributed by atoms with Gasteiger partial charge >= 0.3 is 0 Å². The van der Waals surface area contributed by atoms with Gasteiger partial charge in [0.05, 0.1) is 0 Å². The SMILES string of the molecule is CCCC(=O)c1ccn(CCCCCO)c1. The van der Waals surface area contributed by atoms with Gasteiger partial charge in [-0.25, -0.2) is 0 Å². The third kappa shape index (κ3) is 4.19. The molecule has 0 aliphatic heterocycles. The third-order valence-electron chi connectivity index (χ3n) is 2.62. The Labute approximate surface area is 97.1 Å². The first-order chi connectivity index (χ1) is 7.77. The van der Waals surface area contributed by atoms with Crippen molar-refractivity contribution in [1.29, 1.82) is 0 Å². The van der Waals surface area contributed by atoms with Crippen molar-refractivity contribution in [2.75, 3.05) is 6.61 Å². The summed E-state index contributed by atoms with van der Waals surface area (Å²) in [5.74, 6) is 0.233. The third-order valence-corrected chi connectivity index (χ3v) is 2.62. The maximum Gasteiger partial charge on any atom is 0.164 e. The highest BCUT2D eigenvalue weighted by Crippen LogP contribution is 2.08. The molecule has 0 bridgehead atoms. The predicted octanol–water partition coefficient (Wildman–Crippen LogP) is 2.63. The predicted molar refractivity (Wildman–Crippen MR) is 64.6 cm³/mol. The Morgan fingerprint density at radius 2 is 2.19 bits per heavy atom. The number of aliphatic hydroxyl groups is 1. The van der Waals surface area contributed by atoms with Crippen molar-refractivity contribution in [3.63, 3.8) is 0 Å². The Hall–Kier alpha value is -1.09. The molecule has 1 heterocycles. The lowest BCUT2D eigenvalue weighted by atomic mass is 10.1. The van der Waals surface area contributed by atoms with Gasteiger partial charge in [-0.3, -0.25) is 4.79 Å². The maximum absolute atomic E-state index is 11.6. The molecule has 0 aromatic carbocycles. The van der Waals surface area contributed by atoms with Crippen molar-refractivity contribution in [3.05, 3.63) is 24.0 Å². The second-order valence-electron chi connectivity index (χ2n) is 4.10. The van der Waals surface area contributed by atoms with Crippen molar-refractivity contribution < 1.29 is 9.90 Å². The van der Waals surface area contributed by atoms with Crippen LogP contribution in [0.2, 0.25) is 0 Å². The largest absolute Gasteiger partial charge is 0.396 e. The molecule has 0 spiro atoms. The van der Waals surface area contributed by atoms with E-state index in [1.165, 1.54) is 0 Å². The summed E-state index contributed by atoms with van der Waals surface area (Å²) in [6.45, 7) is 3.22. The number of carbonyl (C=O) groups excluding carboxylic acids is 1. The zero-order chi connectivity index (χ0) is 11.8. The number of unbranched alkanes of at least 4 members (excludes halogenated alkanes) is 2. The number of aromatic nitrogens is 1. The lowest BCUT2D eigenvalue weighted by molar-refractivity contribution is 0.0981. The number of rotatable bonds is 8. The van der Waals surface area contributed by atoms with Gasteiger partial charge in [-0.05, 0) is 31.7 Å². The van der Waals surface area contributed by atoms with E-state index in [-0.39, 0.29) is 12.4 Å². The summed E-state index contributed by atoms with van der Waals surface area (Å²) in [6.07, 6.45) is 8.38. The molecule has 1 N–H and O–H groups in total.